The summed E-state index contributed by atoms with van der Waals surface area (Å²) in [6.07, 6.45) is 0. The first-order chi connectivity index (χ1) is 5.36. The van der Waals surface area contributed by atoms with Gasteiger partial charge >= 0.3 is 0 Å². The molecule has 1 aliphatic rings. The van der Waals surface area contributed by atoms with Crippen LogP contribution in [0.2, 0.25) is 0 Å². The summed E-state index contributed by atoms with van der Waals surface area (Å²) in [6.45, 7) is 2.09. The summed E-state index contributed by atoms with van der Waals surface area (Å²) in [7, 11) is 0. The molecular formula is C9H12ClNO. The highest BCUT2D eigenvalue weighted by atomic mass is 35.5. The minimum Gasteiger partial charge on any atom is -0.508 e. The number of phenols is 1. The Morgan fingerprint density at radius 2 is 2.08 bits per heavy atom. The molecule has 2 N–H and O–H groups in total. The van der Waals surface area contributed by atoms with Crippen molar-refractivity contribution in [3.8, 4) is 5.75 Å². The fraction of sp³-hybridized carbons (Fsp3) is 0.333. The molecule has 0 bridgehead atoms. The van der Waals surface area contributed by atoms with Crippen molar-refractivity contribution in [2.75, 3.05) is 13.1 Å². The Balaban J connectivity index is 0.000000720. The van der Waals surface area contributed by atoms with Gasteiger partial charge in [-0.1, -0.05) is 12.1 Å². The van der Waals surface area contributed by atoms with Gasteiger partial charge in [0.25, 0.3) is 0 Å². The van der Waals surface area contributed by atoms with Crippen molar-refractivity contribution in [3.05, 3.63) is 29.8 Å². The average Bonchev–Trinajstić information content (AvgIpc) is 1.83. The van der Waals surface area contributed by atoms with Gasteiger partial charge in [0.15, 0.2) is 0 Å². The van der Waals surface area contributed by atoms with E-state index in [2.05, 4.69) is 11.4 Å². The average molecular weight is 186 g/mol. The lowest BCUT2D eigenvalue weighted by molar-refractivity contribution is 0.441. The van der Waals surface area contributed by atoms with Crippen LogP contribution in [0.15, 0.2) is 24.3 Å². The molecule has 0 aliphatic carbocycles. The number of rotatable bonds is 1. The van der Waals surface area contributed by atoms with E-state index in [4.69, 9.17) is 5.11 Å². The molecule has 0 amide bonds. The Morgan fingerprint density at radius 3 is 2.58 bits per heavy atom. The first-order valence-corrected chi connectivity index (χ1v) is 3.86. The zero-order chi connectivity index (χ0) is 7.68. The van der Waals surface area contributed by atoms with Gasteiger partial charge in [0, 0.05) is 19.0 Å². The molecule has 2 rings (SSSR count). The maximum Gasteiger partial charge on any atom is 0.115 e. The maximum atomic E-state index is 9.16. The highest BCUT2D eigenvalue weighted by Crippen LogP contribution is 2.22. The minimum absolute atomic E-state index is 0. The quantitative estimate of drug-likeness (QED) is 0.695. The van der Waals surface area contributed by atoms with Crippen LogP contribution in [0.25, 0.3) is 0 Å². The van der Waals surface area contributed by atoms with Crippen LogP contribution in [0.3, 0.4) is 0 Å². The molecule has 0 aromatic heterocycles. The molecular weight excluding hydrogens is 174 g/mol. The van der Waals surface area contributed by atoms with Gasteiger partial charge in [-0.25, -0.2) is 0 Å². The second-order valence-corrected chi connectivity index (χ2v) is 2.95. The lowest BCUT2D eigenvalue weighted by atomic mass is 9.94. The number of hydrogen-bond acceptors (Lipinski definition) is 2. The molecule has 66 valence electrons. The smallest absolute Gasteiger partial charge is 0.115 e. The summed E-state index contributed by atoms with van der Waals surface area (Å²) in [6, 6.07) is 7.50. The number of aromatic hydroxyl groups is 1. The number of hydrogen-bond donors (Lipinski definition) is 2. The molecule has 1 fully saturated rings. The minimum atomic E-state index is 0. The summed E-state index contributed by atoms with van der Waals surface area (Å²) >= 11 is 0. The van der Waals surface area contributed by atoms with Gasteiger partial charge < -0.3 is 10.4 Å². The Hall–Kier alpha value is -0.730. The van der Waals surface area contributed by atoms with Crippen molar-refractivity contribution in [3.63, 3.8) is 0 Å². The van der Waals surface area contributed by atoms with Crippen LogP contribution in [0.5, 0.6) is 5.75 Å². The largest absolute Gasteiger partial charge is 0.508 e. The van der Waals surface area contributed by atoms with E-state index in [1.54, 1.807) is 6.07 Å². The molecule has 0 saturated carbocycles. The molecule has 1 saturated heterocycles. The Morgan fingerprint density at radius 1 is 1.33 bits per heavy atom. The van der Waals surface area contributed by atoms with Crippen LogP contribution in [0, 0.1) is 0 Å². The first kappa shape index (κ1) is 9.36. The van der Waals surface area contributed by atoms with E-state index in [1.165, 1.54) is 5.56 Å². The molecule has 3 heteroatoms. The topological polar surface area (TPSA) is 32.3 Å². The highest BCUT2D eigenvalue weighted by Gasteiger charge is 2.18. The zero-order valence-corrected chi connectivity index (χ0v) is 7.47. The zero-order valence-electron chi connectivity index (χ0n) is 6.66. The highest BCUT2D eigenvalue weighted by molar-refractivity contribution is 5.85. The fourth-order valence-electron chi connectivity index (χ4n) is 1.30. The number of benzene rings is 1. The predicted molar refractivity (Wildman–Crippen MR) is 51.0 cm³/mol. The van der Waals surface area contributed by atoms with Crippen molar-refractivity contribution in [2.45, 2.75) is 5.92 Å². The van der Waals surface area contributed by atoms with Crippen molar-refractivity contribution >= 4 is 12.4 Å². The summed E-state index contributed by atoms with van der Waals surface area (Å²) in [4.78, 5) is 0. The molecule has 1 aliphatic heterocycles. The maximum absolute atomic E-state index is 9.16. The molecule has 0 radical (unpaired) electrons. The van der Waals surface area contributed by atoms with E-state index >= 15 is 0 Å². The van der Waals surface area contributed by atoms with E-state index in [9.17, 15) is 0 Å². The van der Waals surface area contributed by atoms with Crippen molar-refractivity contribution in [2.24, 2.45) is 0 Å². The van der Waals surface area contributed by atoms with Crippen LogP contribution in [0.1, 0.15) is 11.5 Å². The molecule has 0 atom stereocenters. The van der Waals surface area contributed by atoms with Gasteiger partial charge in [0.1, 0.15) is 5.75 Å². The van der Waals surface area contributed by atoms with Crippen LogP contribution in [-0.2, 0) is 0 Å². The second-order valence-electron chi connectivity index (χ2n) is 2.95. The third-order valence-electron chi connectivity index (χ3n) is 2.12. The van der Waals surface area contributed by atoms with E-state index in [0.717, 1.165) is 13.1 Å². The number of nitrogens with one attached hydrogen (secondary N) is 1. The standard InChI is InChI=1S/C9H11NO.ClH/c11-9-3-1-2-7(4-9)8-5-10-6-8;/h1-4,8,10-11H,5-6H2;1H. The van der Waals surface area contributed by atoms with Crippen molar-refractivity contribution in [1.29, 1.82) is 0 Å². The summed E-state index contributed by atoms with van der Waals surface area (Å²) in [5.41, 5.74) is 1.24. The van der Waals surface area contributed by atoms with E-state index in [-0.39, 0.29) is 12.4 Å². The molecule has 1 aromatic carbocycles. The SMILES string of the molecule is Cl.Oc1cccc(C2CNC2)c1. The van der Waals surface area contributed by atoms with Gasteiger partial charge in [0.2, 0.25) is 0 Å². The summed E-state index contributed by atoms with van der Waals surface area (Å²) < 4.78 is 0. The summed E-state index contributed by atoms with van der Waals surface area (Å²) in [5, 5.41) is 12.4. The van der Waals surface area contributed by atoms with Gasteiger partial charge in [-0.15, -0.1) is 12.4 Å². The second kappa shape index (κ2) is 3.78. The van der Waals surface area contributed by atoms with Gasteiger partial charge in [-0.3, -0.25) is 0 Å². The third kappa shape index (κ3) is 1.71. The monoisotopic (exact) mass is 185 g/mol. The lowest BCUT2D eigenvalue weighted by Crippen LogP contribution is -2.39. The third-order valence-corrected chi connectivity index (χ3v) is 2.12. The van der Waals surface area contributed by atoms with Crippen LogP contribution < -0.4 is 5.32 Å². The summed E-state index contributed by atoms with van der Waals surface area (Å²) in [5.74, 6) is 0.983. The molecule has 2 nitrogen and oxygen atoms in total. The van der Waals surface area contributed by atoms with Crippen molar-refractivity contribution in [1.82, 2.24) is 5.32 Å². The van der Waals surface area contributed by atoms with Crippen molar-refractivity contribution < 1.29 is 5.11 Å². The predicted octanol–water partition coefficient (Wildman–Crippen LogP) is 1.50. The van der Waals surface area contributed by atoms with E-state index in [1.807, 2.05) is 12.1 Å². The molecule has 1 heterocycles. The Labute approximate surface area is 78.0 Å². The van der Waals surface area contributed by atoms with Crippen LogP contribution >= 0.6 is 12.4 Å². The van der Waals surface area contributed by atoms with Gasteiger partial charge in [-0.2, -0.15) is 0 Å². The lowest BCUT2D eigenvalue weighted by Gasteiger charge is -2.27. The number of phenolic OH excluding ortho intramolecular Hbond substituents is 1. The molecule has 0 unspecified atom stereocenters. The van der Waals surface area contributed by atoms with E-state index < -0.39 is 0 Å². The first-order valence-electron chi connectivity index (χ1n) is 3.86. The Kier molecular flexibility index (Phi) is 2.95. The van der Waals surface area contributed by atoms with Gasteiger partial charge in [0.05, 0.1) is 0 Å². The fourth-order valence-corrected chi connectivity index (χ4v) is 1.30. The normalized spacial score (nSPS) is 16.3. The number of halogens is 1. The Bertz CT molecular complexity index is 260. The molecule has 1 aromatic rings. The van der Waals surface area contributed by atoms with Gasteiger partial charge in [-0.05, 0) is 17.7 Å². The van der Waals surface area contributed by atoms with Crippen LogP contribution in [-0.4, -0.2) is 18.2 Å². The molecule has 0 spiro atoms. The van der Waals surface area contributed by atoms with E-state index in [0.29, 0.717) is 11.7 Å². The van der Waals surface area contributed by atoms with Crippen LogP contribution in [0.4, 0.5) is 0 Å². The molecule has 12 heavy (non-hydrogen) atoms.